The molecule has 0 spiro atoms. The van der Waals surface area contributed by atoms with Gasteiger partial charge in [0, 0.05) is 0 Å². The van der Waals surface area contributed by atoms with Gasteiger partial charge in [-0.05, 0) is 38.1 Å². The predicted octanol–water partition coefficient (Wildman–Crippen LogP) is 3.73. The van der Waals surface area contributed by atoms with E-state index in [2.05, 4.69) is 57.2 Å². The van der Waals surface area contributed by atoms with E-state index in [1.165, 1.54) is 21.6 Å². The maximum atomic E-state index is 2.24. The summed E-state index contributed by atoms with van der Waals surface area (Å²) in [6, 6.07) is 6.57. The number of aryl methyl sites for hydroxylation is 1. The van der Waals surface area contributed by atoms with Crippen molar-refractivity contribution in [2.45, 2.75) is 41.5 Å². The van der Waals surface area contributed by atoms with Crippen LogP contribution >= 0.6 is 0 Å². The van der Waals surface area contributed by atoms with Gasteiger partial charge in [-0.25, -0.2) is 0 Å². The fraction of sp³-hybridized carbons (Fsp3) is 0.375. The molecule has 0 aromatic heterocycles. The van der Waals surface area contributed by atoms with Gasteiger partial charge in [0.2, 0.25) is 0 Å². The average Bonchev–Trinajstić information content (AvgIpc) is 2.30. The van der Waals surface area contributed by atoms with E-state index in [-0.39, 0.29) is 6.15 Å². The Labute approximate surface area is 106 Å². The molecule has 0 saturated heterocycles. The average molecular weight is 233 g/mol. The molecular weight excluding hydrogens is 206 g/mol. The minimum atomic E-state index is 0. The third-order valence-corrected chi connectivity index (χ3v) is 2.22. The molecule has 0 radical (unpaired) electrons. The van der Waals surface area contributed by atoms with Crippen molar-refractivity contribution in [3.05, 3.63) is 46.4 Å². The van der Waals surface area contributed by atoms with Crippen LogP contribution in [0.3, 0.4) is 0 Å². The van der Waals surface area contributed by atoms with Crippen molar-refractivity contribution in [2.75, 3.05) is 0 Å². The summed E-state index contributed by atoms with van der Waals surface area (Å²) in [6.45, 7) is 12.5. The zero-order chi connectivity index (χ0) is 12.6. The lowest BCUT2D eigenvalue weighted by atomic mass is 10.1. The highest BCUT2D eigenvalue weighted by atomic mass is 14.0. The molecule has 0 atom stereocenters. The van der Waals surface area contributed by atoms with Crippen LogP contribution in [-0.4, -0.2) is 0 Å². The predicted molar refractivity (Wildman–Crippen MR) is 80.8 cm³/mol. The summed E-state index contributed by atoms with van der Waals surface area (Å²) in [4.78, 5) is 0. The van der Waals surface area contributed by atoms with E-state index in [0.717, 1.165) is 0 Å². The second-order valence-corrected chi connectivity index (χ2v) is 3.78. The Morgan fingerprint density at radius 2 is 1.71 bits per heavy atom. The molecule has 96 valence electrons. The Morgan fingerprint density at radius 1 is 1.12 bits per heavy atom. The summed E-state index contributed by atoms with van der Waals surface area (Å²) in [7, 11) is 0. The summed E-state index contributed by atoms with van der Waals surface area (Å²) >= 11 is 0. The van der Waals surface area contributed by atoms with E-state index in [1.807, 2.05) is 20.8 Å². The van der Waals surface area contributed by atoms with Crippen LogP contribution < -0.4 is 16.6 Å². The third-order valence-electron chi connectivity index (χ3n) is 2.22. The molecule has 0 heterocycles. The van der Waals surface area contributed by atoms with Crippen molar-refractivity contribution in [1.29, 1.82) is 0 Å². The molecule has 1 aromatic rings. The molecule has 0 aliphatic rings. The van der Waals surface area contributed by atoms with Gasteiger partial charge in [-0.2, -0.15) is 0 Å². The number of hydrogen-bond acceptors (Lipinski definition) is 1. The standard InChI is InChI=1S/C14H18.C2H6.H3N/c1-5-6-7-13-9-8-12(4)10-14(13)11(2)3;1-2;/h5-10H,1-4H3;1-2H3;1H3/b6-5+,13-7-;;. The van der Waals surface area contributed by atoms with E-state index in [9.17, 15) is 0 Å². The van der Waals surface area contributed by atoms with E-state index < -0.39 is 0 Å². The smallest absolute Gasteiger partial charge is 0.0185 e. The lowest BCUT2D eigenvalue weighted by Crippen LogP contribution is -2.25. The quantitative estimate of drug-likeness (QED) is 0.788. The monoisotopic (exact) mass is 233 g/mol. The van der Waals surface area contributed by atoms with Crippen LogP contribution in [0, 0.1) is 6.92 Å². The number of hydrogen-bond donors (Lipinski definition) is 1. The molecule has 0 aliphatic heterocycles. The zero-order valence-corrected chi connectivity index (χ0v) is 12.2. The van der Waals surface area contributed by atoms with Crippen LogP contribution in [0.5, 0.6) is 0 Å². The van der Waals surface area contributed by atoms with Crippen LogP contribution in [0.15, 0.2) is 30.4 Å². The molecule has 0 saturated carbocycles. The van der Waals surface area contributed by atoms with Gasteiger partial charge in [0.1, 0.15) is 0 Å². The highest BCUT2D eigenvalue weighted by molar-refractivity contribution is 5.45. The Kier molecular flexibility index (Phi) is 10.5. The fourth-order valence-electron chi connectivity index (χ4n) is 1.45. The van der Waals surface area contributed by atoms with E-state index in [1.54, 1.807) is 0 Å². The second kappa shape index (κ2) is 9.86. The van der Waals surface area contributed by atoms with E-state index in [4.69, 9.17) is 0 Å². The van der Waals surface area contributed by atoms with Crippen molar-refractivity contribution in [3.63, 3.8) is 0 Å². The van der Waals surface area contributed by atoms with Crippen LogP contribution in [0.25, 0.3) is 11.6 Å². The summed E-state index contributed by atoms with van der Waals surface area (Å²) in [5, 5.41) is 2.65. The molecule has 0 bridgehead atoms. The molecular formula is C16H27N. The van der Waals surface area contributed by atoms with Gasteiger partial charge in [0.25, 0.3) is 0 Å². The first-order valence-electron chi connectivity index (χ1n) is 6.02. The van der Waals surface area contributed by atoms with Gasteiger partial charge >= 0.3 is 0 Å². The maximum absolute atomic E-state index is 2.24. The maximum Gasteiger partial charge on any atom is -0.0185 e. The van der Waals surface area contributed by atoms with Crippen molar-refractivity contribution in [2.24, 2.45) is 0 Å². The van der Waals surface area contributed by atoms with Gasteiger partial charge in [0.15, 0.2) is 0 Å². The summed E-state index contributed by atoms with van der Waals surface area (Å²) < 4.78 is 0. The Balaban J connectivity index is 0. The lowest BCUT2D eigenvalue weighted by molar-refractivity contribution is 1.37. The van der Waals surface area contributed by atoms with Gasteiger partial charge in [0.05, 0.1) is 0 Å². The third kappa shape index (κ3) is 6.08. The topological polar surface area (TPSA) is 35.0 Å². The minimum Gasteiger partial charge on any atom is -0.344 e. The lowest BCUT2D eigenvalue weighted by Gasteiger charge is -1.96. The molecule has 0 unspecified atom stereocenters. The van der Waals surface area contributed by atoms with Crippen LogP contribution in [-0.2, 0) is 0 Å². The molecule has 1 aromatic carbocycles. The van der Waals surface area contributed by atoms with Crippen molar-refractivity contribution < 1.29 is 0 Å². The first-order valence-corrected chi connectivity index (χ1v) is 6.02. The van der Waals surface area contributed by atoms with E-state index >= 15 is 0 Å². The fourth-order valence-corrected chi connectivity index (χ4v) is 1.45. The zero-order valence-electron chi connectivity index (χ0n) is 12.2. The van der Waals surface area contributed by atoms with Gasteiger partial charge in [-0.1, -0.05) is 61.4 Å². The SMILES string of the molecule is C/C=C/C=c1/ccc(C)cc1=C(C)C.CC.N. The Bertz CT molecular complexity index is 449. The van der Waals surface area contributed by atoms with Crippen molar-refractivity contribution >= 4 is 11.6 Å². The molecule has 0 amide bonds. The van der Waals surface area contributed by atoms with Crippen molar-refractivity contribution in [1.82, 2.24) is 6.15 Å². The normalized spacial score (nSPS) is 10.6. The molecule has 3 N–H and O–H groups in total. The molecule has 1 rings (SSSR count). The Morgan fingerprint density at radius 3 is 2.18 bits per heavy atom. The number of rotatable bonds is 1. The molecule has 0 fully saturated rings. The van der Waals surface area contributed by atoms with E-state index in [0.29, 0.717) is 0 Å². The van der Waals surface area contributed by atoms with Crippen molar-refractivity contribution in [3.8, 4) is 0 Å². The van der Waals surface area contributed by atoms with Gasteiger partial charge in [-0.15, -0.1) is 0 Å². The first kappa shape index (κ1) is 18.0. The van der Waals surface area contributed by atoms with Gasteiger partial charge < -0.3 is 6.15 Å². The van der Waals surface area contributed by atoms with Gasteiger partial charge in [-0.3, -0.25) is 0 Å². The molecule has 0 aliphatic carbocycles. The largest absolute Gasteiger partial charge is 0.344 e. The minimum absolute atomic E-state index is 0. The number of benzene rings is 1. The highest BCUT2D eigenvalue weighted by Crippen LogP contribution is 1.90. The Hall–Kier alpha value is -1.34. The molecule has 1 nitrogen and oxygen atoms in total. The molecule has 1 heteroatoms. The molecule has 17 heavy (non-hydrogen) atoms. The first-order chi connectivity index (χ1) is 7.65. The number of allylic oxidation sites excluding steroid dienone is 2. The summed E-state index contributed by atoms with van der Waals surface area (Å²) in [5.41, 5.74) is 2.68. The van der Waals surface area contributed by atoms with Crippen LogP contribution in [0.4, 0.5) is 0 Å². The van der Waals surface area contributed by atoms with Crippen LogP contribution in [0.2, 0.25) is 0 Å². The second-order valence-electron chi connectivity index (χ2n) is 3.78. The summed E-state index contributed by atoms with van der Waals surface area (Å²) in [6.07, 6.45) is 6.29. The highest BCUT2D eigenvalue weighted by Gasteiger charge is 1.88. The van der Waals surface area contributed by atoms with Crippen LogP contribution in [0.1, 0.15) is 40.2 Å². The summed E-state index contributed by atoms with van der Waals surface area (Å²) in [5.74, 6) is 0.